The highest BCUT2D eigenvalue weighted by Crippen LogP contribution is 2.11. The van der Waals surface area contributed by atoms with Gasteiger partial charge in [0, 0.05) is 5.56 Å². The normalized spacial score (nSPS) is 11.4. The summed E-state index contributed by atoms with van der Waals surface area (Å²) in [4.78, 5) is 13.3. The van der Waals surface area contributed by atoms with Gasteiger partial charge in [-0.1, -0.05) is 61.5 Å². The van der Waals surface area contributed by atoms with Gasteiger partial charge < -0.3 is 0 Å². The molecule has 2 aromatic carbocycles. The Hall–Kier alpha value is -3.35. The van der Waals surface area contributed by atoms with Crippen LogP contribution in [0.3, 0.4) is 0 Å². The molecule has 0 spiro atoms. The van der Waals surface area contributed by atoms with Gasteiger partial charge in [-0.2, -0.15) is 9.90 Å². The van der Waals surface area contributed by atoms with Crippen molar-refractivity contribution in [2.45, 2.75) is 26.8 Å². The lowest BCUT2D eigenvalue weighted by atomic mass is 10.1. The highest BCUT2D eigenvalue weighted by molar-refractivity contribution is 5.99. The highest BCUT2D eigenvalue weighted by atomic mass is 16.2. The Morgan fingerprint density at radius 2 is 1.85 bits per heavy atom. The van der Waals surface area contributed by atoms with E-state index in [4.69, 9.17) is 0 Å². The molecule has 1 N–H and O–H groups in total. The van der Waals surface area contributed by atoms with E-state index < -0.39 is 0 Å². The first-order valence-electron chi connectivity index (χ1n) is 8.41. The molecule has 1 heterocycles. The molecule has 0 atom stereocenters. The second-order valence-electron chi connectivity index (χ2n) is 5.79. The van der Waals surface area contributed by atoms with Crippen molar-refractivity contribution in [3.05, 3.63) is 65.7 Å². The number of carbonyl (C=O) groups is 1. The lowest BCUT2D eigenvalue weighted by Crippen LogP contribution is -2.25. The number of benzene rings is 2. The van der Waals surface area contributed by atoms with Crippen molar-refractivity contribution < 1.29 is 4.79 Å². The third-order valence-corrected chi connectivity index (χ3v) is 3.90. The maximum absolute atomic E-state index is 12.0. The second kappa shape index (κ2) is 8.15. The molecule has 0 saturated carbocycles. The number of nitrogens with zero attached hydrogens (tertiary/aromatic N) is 5. The van der Waals surface area contributed by atoms with Gasteiger partial charge in [0.25, 0.3) is 5.91 Å². The molecule has 0 fully saturated rings. The topological polar surface area (TPSA) is 85.1 Å². The third kappa shape index (κ3) is 4.38. The van der Waals surface area contributed by atoms with Crippen LogP contribution in [0.4, 0.5) is 0 Å². The standard InChI is InChI=1S/C19H20N6O/c1-3-15-9-11-16(12-10-15)14(2)20-21-18(26)13-25-23-19(22-24-25)17-7-5-4-6-8-17/h4-12H,3,13H2,1-2H3,(H,21,26)/b20-14-. The fraction of sp³-hybridized carbons (Fsp3) is 0.211. The van der Waals surface area contributed by atoms with Gasteiger partial charge in [-0.3, -0.25) is 4.79 Å². The van der Waals surface area contributed by atoms with Crippen molar-refractivity contribution >= 4 is 11.6 Å². The Morgan fingerprint density at radius 1 is 1.12 bits per heavy atom. The fourth-order valence-electron chi connectivity index (χ4n) is 2.37. The van der Waals surface area contributed by atoms with E-state index in [1.807, 2.05) is 49.4 Å². The molecule has 0 unspecified atom stereocenters. The number of hydrogen-bond acceptors (Lipinski definition) is 5. The van der Waals surface area contributed by atoms with E-state index in [0.717, 1.165) is 23.3 Å². The van der Waals surface area contributed by atoms with Crippen molar-refractivity contribution in [2.24, 2.45) is 5.10 Å². The number of hydrazone groups is 1. The summed E-state index contributed by atoms with van der Waals surface area (Å²) in [6, 6.07) is 17.6. The van der Waals surface area contributed by atoms with Gasteiger partial charge >= 0.3 is 0 Å². The van der Waals surface area contributed by atoms with Crippen molar-refractivity contribution in [2.75, 3.05) is 0 Å². The quantitative estimate of drug-likeness (QED) is 0.548. The van der Waals surface area contributed by atoms with Crippen LogP contribution < -0.4 is 5.43 Å². The van der Waals surface area contributed by atoms with E-state index in [0.29, 0.717) is 5.82 Å². The molecule has 1 aromatic heterocycles. The molecule has 0 aliphatic rings. The van der Waals surface area contributed by atoms with E-state index in [1.54, 1.807) is 0 Å². The molecule has 3 rings (SSSR count). The van der Waals surface area contributed by atoms with E-state index in [2.05, 4.69) is 45.0 Å². The third-order valence-electron chi connectivity index (χ3n) is 3.90. The van der Waals surface area contributed by atoms with Crippen LogP contribution in [0.25, 0.3) is 11.4 Å². The number of tetrazole rings is 1. The maximum atomic E-state index is 12.0. The SMILES string of the molecule is CCc1ccc(/C(C)=N\NC(=O)Cn2nnc(-c3ccccc3)n2)cc1. The Balaban J connectivity index is 1.59. The number of carbonyl (C=O) groups excluding carboxylic acids is 1. The van der Waals surface area contributed by atoms with E-state index in [9.17, 15) is 4.79 Å². The molecule has 3 aromatic rings. The Bertz CT molecular complexity index is 899. The van der Waals surface area contributed by atoms with Crippen LogP contribution >= 0.6 is 0 Å². The summed E-state index contributed by atoms with van der Waals surface area (Å²) in [6.07, 6.45) is 0.989. The van der Waals surface area contributed by atoms with Crippen LogP contribution in [0.2, 0.25) is 0 Å². The molecule has 26 heavy (non-hydrogen) atoms. The zero-order valence-corrected chi connectivity index (χ0v) is 14.8. The van der Waals surface area contributed by atoms with Gasteiger partial charge in [0.2, 0.25) is 5.82 Å². The molecule has 1 amide bonds. The van der Waals surface area contributed by atoms with Crippen molar-refractivity contribution in [1.82, 2.24) is 25.6 Å². The molecule has 7 nitrogen and oxygen atoms in total. The largest absolute Gasteiger partial charge is 0.271 e. The second-order valence-corrected chi connectivity index (χ2v) is 5.79. The van der Waals surface area contributed by atoms with Gasteiger partial charge in [0.05, 0.1) is 5.71 Å². The van der Waals surface area contributed by atoms with E-state index in [-0.39, 0.29) is 12.5 Å². The van der Waals surface area contributed by atoms with Gasteiger partial charge in [0.15, 0.2) is 0 Å². The van der Waals surface area contributed by atoms with Gasteiger partial charge in [0.1, 0.15) is 6.54 Å². The number of amides is 1. The van der Waals surface area contributed by atoms with Crippen LogP contribution in [0.15, 0.2) is 59.7 Å². The van der Waals surface area contributed by atoms with Crippen molar-refractivity contribution in [3.63, 3.8) is 0 Å². The number of hydrogen-bond donors (Lipinski definition) is 1. The summed E-state index contributed by atoms with van der Waals surface area (Å²) >= 11 is 0. The number of aryl methyl sites for hydroxylation is 1. The number of aromatic nitrogens is 4. The highest BCUT2D eigenvalue weighted by Gasteiger charge is 2.09. The Labute approximate surface area is 151 Å². The number of nitrogens with one attached hydrogen (secondary N) is 1. The first-order valence-corrected chi connectivity index (χ1v) is 8.41. The molecule has 132 valence electrons. The Morgan fingerprint density at radius 3 is 2.54 bits per heavy atom. The van der Waals surface area contributed by atoms with Gasteiger partial charge in [-0.25, -0.2) is 5.43 Å². The van der Waals surface area contributed by atoms with E-state index >= 15 is 0 Å². The van der Waals surface area contributed by atoms with Crippen LogP contribution in [0.1, 0.15) is 25.0 Å². The van der Waals surface area contributed by atoms with Crippen LogP contribution in [0.5, 0.6) is 0 Å². The van der Waals surface area contributed by atoms with Crippen LogP contribution in [-0.4, -0.2) is 31.8 Å². The molecule has 0 saturated heterocycles. The molecule has 0 aliphatic heterocycles. The van der Waals surface area contributed by atoms with Crippen molar-refractivity contribution in [1.29, 1.82) is 0 Å². The zero-order valence-electron chi connectivity index (χ0n) is 14.8. The molecule has 7 heteroatoms. The summed E-state index contributed by atoms with van der Waals surface area (Å²) in [5, 5.41) is 16.2. The lowest BCUT2D eigenvalue weighted by molar-refractivity contribution is -0.122. The summed E-state index contributed by atoms with van der Waals surface area (Å²) in [5.74, 6) is 0.167. The minimum absolute atomic E-state index is 0.0502. The summed E-state index contributed by atoms with van der Waals surface area (Å²) < 4.78 is 0. The van der Waals surface area contributed by atoms with Gasteiger partial charge in [-0.15, -0.1) is 10.2 Å². The zero-order chi connectivity index (χ0) is 18.4. The summed E-state index contributed by atoms with van der Waals surface area (Å²) in [6.45, 7) is 3.91. The predicted octanol–water partition coefficient (Wildman–Crippen LogP) is 2.44. The molecular formula is C19H20N6O. The van der Waals surface area contributed by atoms with E-state index in [1.165, 1.54) is 10.4 Å². The predicted molar refractivity (Wildman–Crippen MR) is 99.4 cm³/mol. The maximum Gasteiger partial charge on any atom is 0.263 e. The van der Waals surface area contributed by atoms with Crippen LogP contribution in [-0.2, 0) is 17.8 Å². The minimum atomic E-state index is -0.313. The minimum Gasteiger partial charge on any atom is -0.271 e. The Kier molecular flexibility index (Phi) is 5.48. The fourth-order valence-corrected chi connectivity index (χ4v) is 2.37. The first kappa shape index (κ1) is 17.5. The monoisotopic (exact) mass is 348 g/mol. The summed E-state index contributed by atoms with van der Waals surface area (Å²) in [5.41, 5.74) is 6.34. The summed E-state index contributed by atoms with van der Waals surface area (Å²) in [7, 11) is 0. The first-order chi connectivity index (χ1) is 12.7. The molecule has 0 radical (unpaired) electrons. The average molecular weight is 348 g/mol. The van der Waals surface area contributed by atoms with Gasteiger partial charge in [-0.05, 0) is 29.7 Å². The smallest absolute Gasteiger partial charge is 0.263 e. The molecule has 0 aliphatic carbocycles. The lowest BCUT2D eigenvalue weighted by Gasteiger charge is -2.03. The molecular weight excluding hydrogens is 328 g/mol. The average Bonchev–Trinajstić information content (AvgIpc) is 3.15. The van der Waals surface area contributed by atoms with Crippen LogP contribution in [0, 0.1) is 0 Å². The number of rotatable bonds is 6. The van der Waals surface area contributed by atoms with Crippen molar-refractivity contribution in [3.8, 4) is 11.4 Å². The molecule has 0 bridgehead atoms.